The van der Waals surface area contributed by atoms with E-state index >= 15 is 0 Å². The monoisotopic (exact) mass is 366 g/mol. The van der Waals surface area contributed by atoms with E-state index in [1.54, 1.807) is 17.3 Å². The lowest BCUT2D eigenvalue weighted by Crippen LogP contribution is -2.44. The molecule has 0 saturated carbocycles. The molecule has 1 fully saturated rings. The molecule has 2 unspecified atom stereocenters. The first-order valence-corrected chi connectivity index (χ1v) is 8.33. The molecule has 2 aliphatic heterocycles. The molecule has 24 heavy (non-hydrogen) atoms. The molecule has 3 heterocycles. The number of anilines is 1. The predicted octanol–water partition coefficient (Wildman–Crippen LogP) is 4.22. The summed E-state index contributed by atoms with van der Waals surface area (Å²) in [5.74, 6) is -0.617. The zero-order valence-corrected chi connectivity index (χ0v) is 14.0. The third kappa shape index (κ3) is 2.50. The minimum absolute atomic E-state index is 0.0208. The molecule has 124 valence electrons. The summed E-state index contributed by atoms with van der Waals surface area (Å²) in [6.07, 6.45) is 5.96. The molecule has 0 radical (unpaired) electrons. The summed E-state index contributed by atoms with van der Waals surface area (Å²) < 4.78 is 14.0. The van der Waals surface area contributed by atoms with Gasteiger partial charge in [-0.1, -0.05) is 23.2 Å². The van der Waals surface area contributed by atoms with Gasteiger partial charge >= 0.3 is 6.03 Å². The molecule has 0 spiro atoms. The fourth-order valence-corrected chi connectivity index (χ4v) is 3.89. The Morgan fingerprint density at radius 3 is 2.79 bits per heavy atom. The van der Waals surface area contributed by atoms with E-state index in [1.165, 1.54) is 6.07 Å². The molecule has 2 bridgehead atoms. The SMILES string of the molecule is O=C(Nc1cc(Cl)c(Cl)cc1F)N1C2CCC1c1cnncc1C2. The van der Waals surface area contributed by atoms with Crippen LogP contribution in [0.3, 0.4) is 0 Å². The average molecular weight is 367 g/mol. The molecule has 2 aromatic rings. The molecule has 5 nitrogen and oxygen atoms in total. The van der Waals surface area contributed by atoms with E-state index in [2.05, 4.69) is 15.5 Å². The molecule has 8 heteroatoms. The molecule has 4 rings (SSSR count). The number of rotatable bonds is 1. The minimum atomic E-state index is -0.617. The average Bonchev–Trinajstić information content (AvgIpc) is 2.88. The van der Waals surface area contributed by atoms with Crippen molar-refractivity contribution in [1.82, 2.24) is 15.1 Å². The van der Waals surface area contributed by atoms with Crippen molar-refractivity contribution in [2.75, 3.05) is 5.32 Å². The van der Waals surface area contributed by atoms with Gasteiger partial charge in [-0.3, -0.25) is 0 Å². The van der Waals surface area contributed by atoms with Gasteiger partial charge in [-0.15, -0.1) is 0 Å². The van der Waals surface area contributed by atoms with Gasteiger partial charge in [0.25, 0.3) is 0 Å². The maximum atomic E-state index is 14.0. The van der Waals surface area contributed by atoms with E-state index in [9.17, 15) is 9.18 Å². The third-order valence-corrected chi connectivity index (χ3v) is 5.37. The second-order valence-electron chi connectivity index (χ2n) is 6.00. The van der Waals surface area contributed by atoms with Crippen molar-refractivity contribution in [3.63, 3.8) is 0 Å². The first kappa shape index (κ1) is 15.6. The number of aromatic nitrogens is 2. The predicted molar refractivity (Wildman–Crippen MR) is 88.8 cm³/mol. The largest absolute Gasteiger partial charge is 0.322 e. The molecule has 1 saturated heterocycles. The Morgan fingerprint density at radius 1 is 1.21 bits per heavy atom. The molecule has 1 aromatic heterocycles. The number of nitrogens with one attached hydrogen (secondary N) is 1. The lowest BCUT2D eigenvalue weighted by molar-refractivity contribution is 0.179. The number of hydrogen-bond donors (Lipinski definition) is 1. The topological polar surface area (TPSA) is 58.1 Å². The Bertz CT molecular complexity index is 832. The van der Waals surface area contributed by atoms with Crippen LogP contribution in [0.15, 0.2) is 24.5 Å². The molecule has 1 N–H and O–H groups in total. The highest BCUT2D eigenvalue weighted by Crippen LogP contribution is 2.43. The number of carbonyl (C=O) groups is 1. The van der Waals surface area contributed by atoms with Crippen molar-refractivity contribution < 1.29 is 9.18 Å². The van der Waals surface area contributed by atoms with Crippen LogP contribution in [0.5, 0.6) is 0 Å². The van der Waals surface area contributed by atoms with Gasteiger partial charge in [0.15, 0.2) is 0 Å². The van der Waals surface area contributed by atoms with Crippen LogP contribution in [-0.2, 0) is 6.42 Å². The summed E-state index contributed by atoms with van der Waals surface area (Å²) in [4.78, 5) is 14.5. The Labute approximate surface area is 147 Å². The van der Waals surface area contributed by atoms with Crippen LogP contribution in [-0.4, -0.2) is 27.2 Å². The molecule has 2 atom stereocenters. The van der Waals surface area contributed by atoms with Crippen LogP contribution >= 0.6 is 23.2 Å². The summed E-state index contributed by atoms with van der Waals surface area (Å²) in [6.45, 7) is 0. The van der Waals surface area contributed by atoms with E-state index in [-0.39, 0.29) is 33.8 Å². The van der Waals surface area contributed by atoms with Crippen LogP contribution < -0.4 is 5.32 Å². The lowest BCUT2D eigenvalue weighted by Gasteiger charge is -2.35. The van der Waals surface area contributed by atoms with Gasteiger partial charge in [0.2, 0.25) is 0 Å². The Morgan fingerprint density at radius 2 is 1.96 bits per heavy atom. The quantitative estimate of drug-likeness (QED) is 0.768. The third-order valence-electron chi connectivity index (χ3n) is 4.65. The van der Waals surface area contributed by atoms with E-state index in [0.29, 0.717) is 0 Å². The van der Waals surface area contributed by atoms with Crippen LogP contribution in [0.4, 0.5) is 14.9 Å². The molecule has 1 aromatic carbocycles. The van der Waals surface area contributed by atoms with Crippen LogP contribution in [0.1, 0.15) is 30.0 Å². The van der Waals surface area contributed by atoms with Gasteiger partial charge < -0.3 is 10.2 Å². The zero-order chi connectivity index (χ0) is 16.8. The van der Waals surface area contributed by atoms with E-state index in [4.69, 9.17) is 23.2 Å². The van der Waals surface area contributed by atoms with Gasteiger partial charge in [0.05, 0.1) is 34.2 Å². The second kappa shape index (κ2) is 5.86. The van der Waals surface area contributed by atoms with Gasteiger partial charge in [-0.25, -0.2) is 9.18 Å². The number of carbonyl (C=O) groups excluding carboxylic acids is 1. The van der Waals surface area contributed by atoms with Gasteiger partial charge in [0.1, 0.15) is 5.82 Å². The standard InChI is InChI=1S/C16H13Cl2FN4O/c17-11-4-13(19)14(5-12(11)18)22-16(24)23-9-1-2-15(23)10-7-21-20-6-8(10)3-9/h4-7,9,15H,1-3H2,(H,22,24). The summed E-state index contributed by atoms with van der Waals surface area (Å²) in [7, 11) is 0. The molecule has 2 amide bonds. The van der Waals surface area contributed by atoms with Crippen LogP contribution in [0, 0.1) is 5.82 Å². The number of fused-ring (bicyclic) bond motifs is 4. The Hall–Kier alpha value is -1.92. The number of hydrogen-bond acceptors (Lipinski definition) is 3. The summed E-state index contributed by atoms with van der Waals surface area (Å²) in [6, 6.07) is 2.09. The molecule has 0 aliphatic carbocycles. The minimum Gasteiger partial charge on any atom is -0.314 e. The lowest BCUT2D eigenvalue weighted by atomic mass is 9.97. The smallest absolute Gasteiger partial charge is 0.314 e. The first-order chi connectivity index (χ1) is 11.5. The Balaban J connectivity index is 1.61. The van der Waals surface area contributed by atoms with Gasteiger partial charge in [0, 0.05) is 6.04 Å². The molecular weight excluding hydrogens is 354 g/mol. The highest BCUT2D eigenvalue weighted by molar-refractivity contribution is 6.42. The normalized spacial score (nSPS) is 21.5. The number of urea groups is 1. The fourth-order valence-electron chi connectivity index (χ4n) is 3.57. The maximum Gasteiger partial charge on any atom is 0.322 e. The summed E-state index contributed by atoms with van der Waals surface area (Å²) in [5, 5.41) is 10.8. The highest BCUT2D eigenvalue weighted by Gasteiger charge is 2.43. The van der Waals surface area contributed by atoms with Crippen LogP contribution in [0.25, 0.3) is 0 Å². The van der Waals surface area contributed by atoms with E-state index < -0.39 is 5.82 Å². The zero-order valence-electron chi connectivity index (χ0n) is 12.5. The number of halogens is 3. The van der Waals surface area contributed by atoms with Crippen LogP contribution in [0.2, 0.25) is 10.0 Å². The van der Waals surface area contributed by atoms with Crippen molar-refractivity contribution in [3.8, 4) is 0 Å². The highest BCUT2D eigenvalue weighted by atomic mass is 35.5. The van der Waals surface area contributed by atoms with Crippen molar-refractivity contribution in [1.29, 1.82) is 0 Å². The number of amides is 2. The second-order valence-corrected chi connectivity index (χ2v) is 6.82. The van der Waals surface area contributed by atoms with Crippen molar-refractivity contribution in [2.45, 2.75) is 31.3 Å². The first-order valence-electron chi connectivity index (χ1n) is 7.58. The summed E-state index contributed by atoms with van der Waals surface area (Å²) >= 11 is 11.7. The summed E-state index contributed by atoms with van der Waals surface area (Å²) in [5.41, 5.74) is 2.17. The van der Waals surface area contributed by atoms with Crippen molar-refractivity contribution >= 4 is 34.9 Å². The number of benzene rings is 1. The molecule has 2 aliphatic rings. The van der Waals surface area contributed by atoms with Gasteiger partial charge in [-0.2, -0.15) is 10.2 Å². The number of nitrogens with zero attached hydrogens (tertiary/aromatic N) is 3. The van der Waals surface area contributed by atoms with Gasteiger partial charge in [-0.05, 0) is 42.5 Å². The maximum absolute atomic E-state index is 14.0. The Kier molecular flexibility index (Phi) is 3.81. The molecular formula is C16H13Cl2FN4O. The van der Waals surface area contributed by atoms with Crippen molar-refractivity contribution in [2.24, 2.45) is 0 Å². The fraction of sp³-hybridized carbons (Fsp3) is 0.312. The van der Waals surface area contributed by atoms with E-state index in [0.717, 1.165) is 36.5 Å². The van der Waals surface area contributed by atoms with Crippen molar-refractivity contribution in [3.05, 3.63) is 51.5 Å². The van der Waals surface area contributed by atoms with E-state index in [1.807, 2.05) is 0 Å².